The highest BCUT2D eigenvalue weighted by Crippen LogP contribution is 2.35. The van der Waals surface area contributed by atoms with E-state index in [1.165, 1.54) is 0 Å². The molecule has 130 valence electrons. The molecule has 0 aromatic heterocycles. The number of imide groups is 2. The molecule has 3 N–H and O–H groups in total. The molecule has 8 heteroatoms. The number of nitrogens with one attached hydrogen (secondary N) is 1. The zero-order valence-electron chi connectivity index (χ0n) is 13.5. The van der Waals surface area contributed by atoms with Gasteiger partial charge in [0.05, 0.1) is 16.8 Å². The summed E-state index contributed by atoms with van der Waals surface area (Å²) in [6, 6.07) is 4.22. The lowest BCUT2D eigenvalue weighted by molar-refractivity contribution is -0.136. The Kier molecular flexibility index (Phi) is 3.57. The lowest BCUT2D eigenvalue weighted by atomic mass is 10.0. The van der Waals surface area contributed by atoms with Gasteiger partial charge in [-0.2, -0.15) is 0 Å². The molecule has 8 nitrogen and oxygen atoms in total. The van der Waals surface area contributed by atoms with E-state index in [9.17, 15) is 19.2 Å². The van der Waals surface area contributed by atoms with Crippen molar-refractivity contribution >= 4 is 29.3 Å². The number of carbonyl (C=O) groups is 4. The van der Waals surface area contributed by atoms with Crippen LogP contribution in [0.1, 0.15) is 40.0 Å². The van der Waals surface area contributed by atoms with Gasteiger partial charge in [-0.25, -0.2) is 0 Å². The summed E-state index contributed by atoms with van der Waals surface area (Å²) in [5, 5.41) is 2.20. The van der Waals surface area contributed by atoms with Gasteiger partial charge in [0.15, 0.2) is 0 Å². The number of rotatable bonds is 2. The van der Waals surface area contributed by atoms with E-state index in [0.29, 0.717) is 23.4 Å². The molecule has 2 fully saturated rings. The number of benzene rings is 1. The van der Waals surface area contributed by atoms with Gasteiger partial charge in [0.25, 0.3) is 11.8 Å². The summed E-state index contributed by atoms with van der Waals surface area (Å²) < 4.78 is 0. The lowest BCUT2D eigenvalue weighted by Gasteiger charge is -2.28. The molecule has 4 rings (SSSR count). The van der Waals surface area contributed by atoms with Gasteiger partial charge in [-0.1, -0.05) is 6.07 Å². The fraction of sp³-hybridized carbons (Fsp3) is 0.412. The second-order valence-corrected chi connectivity index (χ2v) is 6.64. The van der Waals surface area contributed by atoms with Gasteiger partial charge in [-0.05, 0) is 25.0 Å². The van der Waals surface area contributed by atoms with Crippen LogP contribution in [0.3, 0.4) is 0 Å². The van der Waals surface area contributed by atoms with Crippen LogP contribution in [-0.4, -0.2) is 53.7 Å². The standard InChI is InChI=1S/C17H18N4O4/c18-9-6-7-20(8-9)11-3-1-2-10-14(11)17(25)21(16(10)24)12-4-5-13(22)19-15(12)23/h1-3,9,12H,4-8,18H2,(H,19,22,23)/t9-,12?/m1/s1. The molecule has 4 amide bonds. The third kappa shape index (κ3) is 2.41. The molecule has 2 saturated heterocycles. The zero-order valence-corrected chi connectivity index (χ0v) is 13.5. The summed E-state index contributed by atoms with van der Waals surface area (Å²) in [5.74, 6) is -1.95. The van der Waals surface area contributed by atoms with Crippen molar-refractivity contribution in [3.63, 3.8) is 0 Å². The van der Waals surface area contributed by atoms with E-state index in [2.05, 4.69) is 5.32 Å². The molecule has 1 unspecified atom stereocenters. The summed E-state index contributed by atoms with van der Waals surface area (Å²) in [7, 11) is 0. The van der Waals surface area contributed by atoms with Crippen molar-refractivity contribution in [1.29, 1.82) is 0 Å². The van der Waals surface area contributed by atoms with Crippen molar-refractivity contribution in [3.8, 4) is 0 Å². The Morgan fingerprint density at radius 1 is 1.08 bits per heavy atom. The van der Waals surface area contributed by atoms with E-state index >= 15 is 0 Å². The molecule has 2 atom stereocenters. The molecule has 3 heterocycles. The third-order valence-corrected chi connectivity index (χ3v) is 5.01. The van der Waals surface area contributed by atoms with Crippen LogP contribution < -0.4 is 16.0 Å². The predicted molar refractivity (Wildman–Crippen MR) is 87.9 cm³/mol. The first kappa shape index (κ1) is 15.8. The van der Waals surface area contributed by atoms with Gasteiger partial charge >= 0.3 is 0 Å². The molecule has 0 spiro atoms. The zero-order chi connectivity index (χ0) is 17.7. The highest BCUT2D eigenvalue weighted by molar-refractivity contribution is 6.25. The van der Waals surface area contributed by atoms with Crippen molar-refractivity contribution in [2.45, 2.75) is 31.3 Å². The minimum absolute atomic E-state index is 0.0364. The lowest BCUT2D eigenvalue weighted by Crippen LogP contribution is -2.54. The Labute approximate surface area is 143 Å². The largest absolute Gasteiger partial charge is 0.369 e. The van der Waals surface area contributed by atoms with Crippen LogP contribution in [0.5, 0.6) is 0 Å². The Balaban J connectivity index is 1.70. The van der Waals surface area contributed by atoms with Crippen LogP contribution >= 0.6 is 0 Å². The van der Waals surface area contributed by atoms with E-state index in [1.54, 1.807) is 18.2 Å². The number of carbonyl (C=O) groups excluding carboxylic acids is 4. The van der Waals surface area contributed by atoms with E-state index < -0.39 is 23.8 Å². The second kappa shape index (κ2) is 5.66. The van der Waals surface area contributed by atoms with Crippen molar-refractivity contribution in [1.82, 2.24) is 10.2 Å². The summed E-state index contributed by atoms with van der Waals surface area (Å²) >= 11 is 0. The second-order valence-electron chi connectivity index (χ2n) is 6.64. The van der Waals surface area contributed by atoms with Crippen molar-refractivity contribution in [2.75, 3.05) is 18.0 Å². The molecule has 3 aliphatic heterocycles. The number of fused-ring (bicyclic) bond motifs is 1. The normalized spacial score (nSPS) is 26.3. The molecule has 1 aromatic rings. The first-order valence-corrected chi connectivity index (χ1v) is 8.32. The maximum absolute atomic E-state index is 13.0. The van der Waals surface area contributed by atoms with Crippen LogP contribution in [0.4, 0.5) is 5.69 Å². The summed E-state index contributed by atoms with van der Waals surface area (Å²) in [6.45, 7) is 1.34. The summed E-state index contributed by atoms with van der Waals surface area (Å²) in [6.07, 6.45) is 1.08. The Morgan fingerprint density at radius 2 is 1.88 bits per heavy atom. The molecular formula is C17H18N4O4. The molecule has 0 bridgehead atoms. The summed E-state index contributed by atoms with van der Waals surface area (Å²) in [5.41, 5.74) is 7.26. The van der Waals surface area contributed by atoms with Crippen LogP contribution in [0.25, 0.3) is 0 Å². The molecule has 0 aliphatic carbocycles. The van der Waals surface area contributed by atoms with E-state index in [1.807, 2.05) is 4.90 Å². The monoisotopic (exact) mass is 342 g/mol. The van der Waals surface area contributed by atoms with E-state index in [-0.39, 0.29) is 24.8 Å². The molecular weight excluding hydrogens is 324 g/mol. The number of amides is 4. The topological polar surface area (TPSA) is 113 Å². The SMILES string of the molecule is N[C@@H]1CCN(c2cccc3c2C(=O)N(C2CCC(=O)NC2=O)C3=O)C1. The van der Waals surface area contributed by atoms with E-state index in [4.69, 9.17) is 5.73 Å². The maximum Gasteiger partial charge on any atom is 0.264 e. The fourth-order valence-electron chi connectivity index (χ4n) is 3.77. The summed E-state index contributed by atoms with van der Waals surface area (Å²) in [4.78, 5) is 52.2. The third-order valence-electron chi connectivity index (χ3n) is 5.01. The number of nitrogens with two attached hydrogens (primary N) is 1. The molecule has 0 radical (unpaired) electrons. The first-order chi connectivity index (χ1) is 12.0. The number of anilines is 1. The van der Waals surface area contributed by atoms with Crippen molar-refractivity contribution < 1.29 is 19.2 Å². The maximum atomic E-state index is 13.0. The Bertz CT molecular complexity index is 806. The highest BCUT2D eigenvalue weighted by Gasteiger charge is 2.46. The van der Waals surface area contributed by atoms with Crippen LogP contribution in [0.15, 0.2) is 18.2 Å². The van der Waals surface area contributed by atoms with Gasteiger partial charge in [-0.15, -0.1) is 0 Å². The smallest absolute Gasteiger partial charge is 0.264 e. The predicted octanol–water partition coefficient (Wildman–Crippen LogP) is -0.375. The molecule has 25 heavy (non-hydrogen) atoms. The van der Waals surface area contributed by atoms with Gasteiger partial charge in [0, 0.05) is 25.6 Å². The average Bonchev–Trinajstić information content (AvgIpc) is 3.11. The van der Waals surface area contributed by atoms with Crippen LogP contribution in [0, 0.1) is 0 Å². The average molecular weight is 342 g/mol. The highest BCUT2D eigenvalue weighted by atomic mass is 16.2. The quantitative estimate of drug-likeness (QED) is 0.709. The number of piperidine rings is 1. The fourth-order valence-corrected chi connectivity index (χ4v) is 3.77. The Hall–Kier alpha value is -2.74. The number of hydrogen-bond acceptors (Lipinski definition) is 6. The van der Waals surface area contributed by atoms with Crippen LogP contribution in [0.2, 0.25) is 0 Å². The van der Waals surface area contributed by atoms with E-state index in [0.717, 1.165) is 17.9 Å². The van der Waals surface area contributed by atoms with Crippen molar-refractivity contribution in [2.24, 2.45) is 5.73 Å². The Morgan fingerprint density at radius 3 is 2.56 bits per heavy atom. The minimum Gasteiger partial charge on any atom is -0.369 e. The minimum atomic E-state index is -0.946. The number of hydrogen-bond donors (Lipinski definition) is 2. The van der Waals surface area contributed by atoms with Crippen LogP contribution in [-0.2, 0) is 9.59 Å². The molecule has 3 aliphatic rings. The first-order valence-electron chi connectivity index (χ1n) is 8.32. The van der Waals surface area contributed by atoms with Gasteiger partial charge in [-0.3, -0.25) is 29.4 Å². The molecule has 1 aromatic carbocycles. The van der Waals surface area contributed by atoms with Gasteiger partial charge in [0.1, 0.15) is 6.04 Å². The van der Waals surface area contributed by atoms with Gasteiger partial charge < -0.3 is 10.6 Å². The number of nitrogens with zero attached hydrogens (tertiary/aromatic N) is 2. The molecule has 0 saturated carbocycles. The van der Waals surface area contributed by atoms with Gasteiger partial charge in [0.2, 0.25) is 11.8 Å². The van der Waals surface area contributed by atoms with Crippen molar-refractivity contribution in [3.05, 3.63) is 29.3 Å².